The van der Waals surface area contributed by atoms with Gasteiger partial charge < -0.3 is 5.32 Å². The summed E-state index contributed by atoms with van der Waals surface area (Å²) in [6, 6.07) is 15.6. The number of aryl methyl sites for hydroxylation is 1. The smallest absolute Gasteiger partial charge is 0.278 e. The minimum Gasteiger partial charge on any atom is -0.305 e. The molecule has 0 unspecified atom stereocenters. The molecule has 0 atom stereocenters. The second-order valence-corrected chi connectivity index (χ2v) is 4.94. The largest absolute Gasteiger partial charge is 0.305 e. The molecule has 6 heteroatoms. The molecule has 0 aliphatic carbocycles. The van der Waals surface area contributed by atoms with Crippen LogP contribution in [0.15, 0.2) is 60.8 Å². The fourth-order valence-corrected chi connectivity index (χ4v) is 2.06. The molecule has 0 saturated carbocycles. The van der Waals surface area contributed by atoms with Crippen LogP contribution in [0.5, 0.6) is 0 Å². The number of anilines is 1. The molecule has 114 valence electrons. The van der Waals surface area contributed by atoms with Crippen LogP contribution < -0.4 is 5.32 Å². The average molecular weight is 306 g/mol. The van der Waals surface area contributed by atoms with E-state index in [0.717, 1.165) is 10.4 Å². The number of rotatable bonds is 3. The van der Waals surface area contributed by atoms with Gasteiger partial charge in [0.15, 0.2) is 5.69 Å². The predicted molar refractivity (Wildman–Crippen MR) is 85.3 cm³/mol. The second-order valence-electron chi connectivity index (χ2n) is 4.94. The molecular weight excluding hydrogens is 292 g/mol. The van der Waals surface area contributed by atoms with Gasteiger partial charge in [-0.1, -0.05) is 24.3 Å². The van der Waals surface area contributed by atoms with Crippen molar-refractivity contribution >= 4 is 17.6 Å². The number of hydrogen-bond acceptors (Lipinski definition) is 4. The first kappa shape index (κ1) is 14.6. The number of carbonyl (C=O) groups excluding carboxylic acids is 2. The van der Waals surface area contributed by atoms with Gasteiger partial charge in [-0.2, -0.15) is 5.10 Å². The monoisotopic (exact) mass is 306 g/mol. The molecule has 2 aromatic heterocycles. The summed E-state index contributed by atoms with van der Waals surface area (Å²) in [6.07, 6.45) is 1.47. The molecule has 3 aromatic rings. The Kier molecular flexibility index (Phi) is 3.97. The summed E-state index contributed by atoms with van der Waals surface area (Å²) in [5.41, 5.74) is 1.45. The van der Waals surface area contributed by atoms with E-state index in [1.165, 1.54) is 12.3 Å². The Labute approximate surface area is 132 Å². The average Bonchev–Trinajstić information content (AvgIpc) is 3.05. The molecule has 0 fully saturated rings. The molecule has 6 nitrogen and oxygen atoms in total. The van der Waals surface area contributed by atoms with Gasteiger partial charge in [0.05, 0.1) is 0 Å². The van der Waals surface area contributed by atoms with Crippen molar-refractivity contribution in [3.05, 3.63) is 77.7 Å². The van der Waals surface area contributed by atoms with Gasteiger partial charge in [-0.15, -0.1) is 0 Å². The number of nitrogens with zero attached hydrogens (tertiary/aromatic N) is 3. The SMILES string of the molecule is Cc1cccc(NC(=O)c2ccn(C(=O)c3ccccc3)n2)n1. The third kappa shape index (κ3) is 3.32. The van der Waals surface area contributed by atoms with Crippen LogP contribution in [0, 0.1) is 6.92 Å². The van der Waals surface area contributed by atoms with Crippen molar-refractivity contribution in [3.8, 4) is 0 Å². The summed E-state index contributed by atoms with van der Waals surface area (Å²) in [6.45, 7) is 1.84. The van der Waals surface area contributed by atoms with E-state index < -0.39 is 5.91 Å². The highest BCUT2D eigenvalue weighted by atomic mass is 16.2. The lowest BCUT2D eigenvalue weighted by Gasteiger charge is -2.03. The van der Waals surface area contributed by atoms with Crippen LogP contribution in [0.2, 0.25) is 0 Å². The van der Waals surface area contributed by atoms with Crippen molar-refractivity contribution in [2.45, 2.75) is 6.92 Å². The highest BCUT2D eigenvalue weighted by Crippen LogP contribution is 2.08. The Morgan fingerprint density at radius 2 is 1.78 bits per heavy atom. The quantitative estimate of drug-likeness (QED) is 0.806. The van der Waals surface area contributed by atoms with Crippen LogP contribution in [0.3, 0.4) is 0 Å². The first-order valence-corrected chi connectivity index (χ1v) is 7.04. The fourth-order valence-electron chi connectivity index (χ4n) is 2.06. The van der Waals surface area contributed by atoms with Crippen LogP contribution in [0.25, 0.3) is 0 Å². The minimum atomic E-state index is -0.414. The zero-order valence-corrected chi connectivity index (χ0v) is 12.4. The van der Waals surface area contributed by atoms with E-state index in [9.17, 15) is 9.59 Å². The fraction of sp³-hybridized carbons (Fsp3) is 0.0588. The van der Waals surface area contributed by atoms with E-state index in [1.807, 2.05) is 19.1 Å². The minimum absolute atomic E-state index is 0.151. The van der Waals surface area contributed by atoms with Crippen molar-refractivity contribution in [2.75, 3.05) is 5.32 Å². The van der Waals surface area contributed by atoms with E-state index >= 15 is 0 Å². The summed E-state index contributed by atoms with van der Waals surface area (Å²) < 4.78 is 1.15. The van der Waals surface area contributed by atoms with Crippen molar-refractivity contribution < 1.29 is 9.59 Å². The molecule has 3 rings (SSSR count). The number of pyridine rings is 1. The van der Waals surface area contributed by atoms with Gasteiger partial charge in [-0.3, -0.25) is 9.59 Å². The molecule has 0 aliphatic heterocycles. The lowest BCUT2D eigenvalue weighted by Crippen LogP contribution is -2.17. The topological polar surface area (TPSA) is 76.9 Å². The van der Waals surface area contributed by atoms with Gasteiger partial charge in [-0.25, -0.2) is 9.67 Å². The summed E-state index contributed by atoms with van der Waals surface area (Å²) >= 11 is 0. The Morgan fingerprint density at radius 1 is 1.00 bits per heavy atom. The molecule has 0 saturated heterocycles. The third-order valence-corrected chi connectivity index (χ3v) is 3.18. The molecule has 1 amide bonds. The summed E-state index contributed by atoms with van der Waals surface area (Å²) in [7, 11) is 0. The lowest BCUT2D eigenvalue weighted by molar-refractivity contribution is 0.0944. The Bertz CT molecular complexity index is 856. The number of aromatic nitrogens is 3. The highest BCUT2D eigenvalue weighted by Gasteiger charge is 2.14. The maximum atomic E-state index is 12.2. The molecular formula is C17H14N4O2. The van der Waals surface area contributed by atoms with Gasteiger partial charge in [0.25, 0.3) is 11.8 Å². The maximum absolute atomic E-state index is 12.2. The Hall–Kier alpha value is -3.28. The Morgan fingerprint density at radius 3 is 2.52 bits per heavy atom. The zero-order valence-electron chi connectivity index (χ0n) is 12.4. The van der Waals surface area contributed by atoms with E-state index in [-0.39, 0.29) is 11.6 Å². The van der Waals surface area contributed by atoms with Crippen molar-refractivity contribution in [2.24, 2.45) is 0 Å². The van der Waals surface area contributed by atoms with E-state index in [1.54, 1.807) is 36.4 Å². The number of benzene rings is 1. The summed E-state index contributed by atoms with van der Waals surface area (Å²) in [5.74, 6) is -0.264. The van der Waals surface area contributed by atoms with E-state index in [0.29, 0.717) is 11.4 Å². The number of carbonyl (C=O) groups is 2. The van der Waals surface area contributed by atoms with Gasteiger partial charge in [-0.05, 0) is 37.3 Å². The van der Waals surface area contributed by atoms with Gasteiger partial charge in [0, 0.05) is 17.5 Å². The first-order valence-electron chi connectivity index (χ1n) is 7.04. The van der Waals surface area contributed by atoms with Crippen LogP contribution in [-0.4, -0.2) is 26.6 Å². The molecule has 0 radical (unpaired) electrons. The first-order chi connectivity index (χ1) is 11.1. The molecule has 0 spiro atoms. The standard InChI is InChI=1S/C17H14N4O2/c1-12-6-5-9-15(18-12)19-16(22)14-10-11-21(20-14)17(23)13-7-3-2-4-8-13/h2-11H,1H3,(H,18,19,22). The number of amides is 1. The zero-order chi connectivity index (χ0) is 16.2. The normalized spacial score (nSPS) is 10.3. The third-order valence-electron chi connectivity index (χ3n) is 3.18. The highest BCUT2D eigenvalue weighted by molar-refractivity contribution is 6.03. The maximum Gasteiger partial charge on any atom is 0.278 e. The van der Waals surface area contributed by atoms with Crippen LogP contribution in [0.4, 0.5) is 5.82 Å². The van der Waals surface area contributed by atoms with E-state index in [2.05, 4.69) is 15.4 Å². The van der Waals surface area contributed by atoms with Crippen LogP contribution in [0.1, 0.15) is 26.5 Å². The summed E-state index contributed by atoms with van der Waals surface area (Å²) in [4.78, 5) is 28.6. The predicted octanol–water partition coefficient (Wildman–Crippen LogP) is 2.53. The van der Waals surface area contributed by atoms with Gasteiger partial charge in [0.1, 0.15) is 5.82 Å². The molecule has 1 aromatic carbocycles. The Balaban J connectivity index is 1.76. The van der Waals surface area contributed by atoms with Crippen LogP contribution >= 0.6 is 0 Å². The van der Waals surface area contributed by atoms with Gasteiger partial charge in [0.2, 0.25) is 0 Å². The second kappa shape index (κ2) is 6.23. The van der Waals surface area contributed by atoms with Crippen LogP contribution in [-0.2, 0) is 0 Å². The van der Waals surface area contributed by atoms with Crippen molar-refractivity contribution in [1.82, 2.24) is 14.8 Å². The molecule has 0 bridgehead atoms. The van der Waals surface area contributed by atoms with Gasteiger partial charge >= 0.3 is 0 Å². The van der Waals surface area contributed by atoms with E-state index in [4.69, 9.17) is 0 Å². The van der Waals surface area contributed by atoms with Crippen molar-refractivity contribution in [1.29, 1.82) is 0 Å². The lowest BCUT2D eigenvalue weighted by atomic mass is 10.2. The number of hydrogen-bond donors (Lipinski definition) is 1. The summed E-state index contributed by atoms with van der Waals surface area (Å²) in [5, 5.41) is 6.69. The molecule has 2 heterocycles. The van der Waals surface area contributed by atoms with Crippen molar-refractivity contribution in [3.63, 3.8) is 0 Å². The molecule has 1 N–H and O–H groups in total. The number of nitrogens with one attached hydrogen (secondary N) is 1. The molecule has 23 heavy (non-hydrogen) atoms. The molecule has 0 aliphatic rings.